The van der Waals surface area contributed by atoms with Gasteiger partial charge in [-0.05, 0) is 54.7 Å². The lowest BCUT2D eigenvalue weighted by atomic mass is 10.00. The molecule has 3 heterocycles. The molecule has 0 atom stereocenters. The lowest BCUT2D eigenvalue weighted by molar-refractivity contribution is -0.132. The molecule has 2 aromatic carbocycles. The zero-order valence-corrected chi connectivity index (χ0v) is 18.4. The summed E-state index contributed by atoms with van der Waals surface area (Å²) in [7, 11) is 0. The molecular weight excluding hydrogens is 400 g/mol. The van der Waals surface area contributed by atoms with Gasteiger partial charge in [-0.1, -0.05) is 36.4 Å². The summed E-state index contributed by atoms with van der Waals surface area (Å²) in [5.74, 6) is 0.0793. The fourth-order valence-corrected chi connectivity index (χ4v) is 4.33. The number of rotatable bonds is 4. The second kappa shape index (κ2) is 8.11. The molecule has 32 heavy (non-hydrogen) atoms. The Kier molecular flexibility index (Phi) is 5.13. The zero-order chi connectivity index (χ0) is 22.2. The Morgan fingerprint density at radius 1 is 1.00 bits per heavy atom. The molecule has 1 aliphatic rings. The van der Waals surface area contributed by atoms with Gasteiger partial charge in [-0.2, -0.15) is 5.10 Å². The summed E-state index contributed by atoms with van der Waals surface area (Å²) in [6, 6.07) is 16.3. The predicted octanol–water partition coefficient (Wildman–Crippen LogP) is 3.75. The molecule has 0 aliphatic carbocycles. The lowest BCUT2D eigenvalue weighted by Crippen LogP contribution is -2.36. The smallest absolute Gasteiger partial charge is 0.276 e. The van der Waals surface area contributed by atoms with Crippen LogP contribution in [0.15, 0.2) is 65.7 Å². The van der Waals surface area contributed by atoms with E-state index in [2.05, 4.69) is 43.2 Å². The van der Waals surface area contributed by atoms with Crippen LogP contribution in [0.25, 0.3) is 16.8 Å². The van der Waals surface area contributed by atoms with Gasteiger partial charge in [0.1, 0.15) is 5.52 Å². The number of amides is 1. The van der Waals surface area contributed by atoms with E-state index >= 15 is 0 Å². The third-order valence-corrected chi connectivity index (χ3v) is 6.46. The summed E-state index contributed by atoms with van der Waals surface area (Å²) in [5.41, 5.74) is 7.08. The van der Waals surface area contributed by atoms with E-state index in [1.807, 2.05) is 29.2 Å². The third-order valence-electron chi connectivity index (χ3n) is 6.46. The van der Waals surface area contributed by atoms with E-state index in [4.69, 9.17) is 0 Å². The minimum absolute atomic E-state index is 0.0793. The first-order chi connectivity index (χ1) is 15.5. The molecule has 6 heteroatoms. The van der Waals surface area contributed by atoms with Crippen molar-refractivity contribution in [2.24, 2.45) is 0 Å². The van der Waals surface area contributed by atoms with Gasteiger partial charge in [0.2, 0.25) is 5.91 Å². The van der Waals surface area contributed by atoms with Crippen molar-refractivity contribution >= 4 is 11.4 Å². The standard InChI is InChI=1S/C26H26N4O2/c1-18-7-8-21(15-19(18)2)23-16-24-26(32)28(13-14-30(24)27-23)12-10-25(31)29-11-9-20-5-3-4-6-22(20)17-29/h3-8,13-16H,9-12,17H2,1-2H3. The molecule has 1 amide bonds. The number of aromatic nitrogens is 3. The first-order valence-electron chi connectivity index (χ1n) is 11.0. The number of fused-ring (bicyclic) bond motifs is 2. The van der Waals surface area contributed by atoms with E-state index < -0.39 is 0 Å². The van der Waals surface area contributed by atoms with Crippen LogP contribution in [-0.4, -0.2) is 31.5 Å². The molecule has 162 valence electrons. The molecule has 0 fully saturated rings. The number of hydrogen-bond acceptors (Lipinski definition) is 3. The Balaban J connectivity index is 1.33. The van der Waals surface area contributed by atoms with Gasteiger partial charge in [0.25, 0.3) is 5.56 Å². The Labute approximate surface area is 186 Å². The number of nitrogens with zero attached hydrogens (tertiary/aromatic N) is 4. The number of hydrogen-bond donors (Lipinski definition) is 0. The van der Waals surface area contributed by atoms with E-state index in [0.717, 1.165) is 24.2 Å². The second-order valence-corrected chi connectivity index (χ2v) is 8.54. The SMILES string of the molecule is Cc1ccc(-c2cc3c(=O)n(CCC(=O)N4CCc5ccccc5C4)ccn3n2)cc1C. The van der Waals surface area contributed by atoms with Gasteiger partial charge in [-0.25, -0.2) is 4.52 Å². The van der Waals surface area contributed by atoms with Gasteiger partial charge >= 0.3 is 0 Å². The highest BCUT2D eigenvalue weighted by Crippen LogP contribution is 2.22. The van der Waals surface area contributed by atoms with Gasteiger partial charge in [0.15, 0.2) is 0 Å². The molecule has 0 saturated carbocycles. The Morgan fingerprint density at radius 2 is 1.81 bits per heavy atom. The summed E-state index contributed by atoms with van der Waals surface area (Å²) in [5, 5.41) is 4.57. The second-order valence-electron chi connectivity index (χ2n) is 8.54. The molecule has 0 N–H and O–H groups in total. The summed E-state index contributed by atoms with van der Waals surface area (Å²) >= 11 is 0. The number of carbonyl (C=O) groups is 1. The van der Waals surface area contributed by atoms with Crippen LogP contribution in [0.3, 0.4) is 0 Å². The van der Waals surface area contributed by atoms with Crippen molar-refractivity contribution in [1.82, 2.24) is 19.1 Å². The highest BCUT2D eigenvalue weighted by Gasteiger charge is 2.20. The Morgan fingerprint density at radius 3 is 2.62 bits per heavy atom. The van der Waals surface area contributed by atoms with E-state index in [9.17, 15) is 9.59 Å². The van der Waals surface area contributed by atoms with Crippen molar-refractivity contribution < 1.29 is 4.79 Å². The third kappa shape index (κ3) is 3.73. The first-order valence-corrected chi connectivity index (χ1v) is 11.0. The van der Waals surface area contributed by atoms with E-state index in [0.29, 0.717) is 25.0 Å². The fourth-order valence-electron chi connectivity index (χ4n) is 4.33. The van der Waals surface area contributed by atoms with Gasteiger partial charge in [0.05, 0.1) is 5.69 Å². The molecule has 0 bridgehead atoms. The van der Waals surface area contributed by atoms with Gasteiger partial charge in [0, 0.05) is 44.0 Å². The zero-order valence-electron chi connectivity index (χ0n) is 18.4. The molecule has 1 aliphatic heterocycles. The number of benzene rings is 2. The van der Waals surface area contributed by atoms with E-state index in [1.165, 1.54) is 22.3 Å². The van der Waals surface area contributed by atoms with Gasteiger partial charge in [-0.15, -0.1) is 0 Å². The normalized spacial score (nSPS) is 13.4. The van der Waals surface area contributed by atoms with Gasteiger partial charge in [-0.3, -0.25) is 9.59 Å². The summed E-state index contributed by atoms with van der Waals surface area (Å²) in [4.78, 5) is 27.7. The molecule has 0 spiro atoms. The van der Waals surface area contributed by atoms with Crippen LogP contribution in [0.5, 0.6) is 0 Å². The molecular formula is C26H26N4O2. The predicted molar refractivity (Wildman–Crippen MR) is 125 cm³/mol. The average Bonchev–Trinajstić information content (AvgIpc) is 3.25. The number of aryl methyl sites for hydroxylation is 3. The maximum absolute atomic E-state index is 13.0. The Hall–Kier alpha value is -3.67. The highest BCUT2D eigenvalue weighted by atomic mass is 16.2. The minimum atomic E-state index is -0.133. The summed E-state index contributed by atoms with van der Waals surface area (Å²) in [6.07, 6.45) is 4.68. The first kappa shape index (κ1) is 20.2. The molecule has 6 nitrogen and oxygen atoms in total. The van der Waals surface area contributed by atoms with Gasteiger partial charge < -0.3 is 9.47 Å². The number of carbonyl (C=O) groups excluding carboxylic acids is 1. The molecule has 0 unspecified atom stereocenters. The van der Waals surface area contributed by atoms with E-state index in [-0.39, 0.29) is 11.5 Å². The topological polar surface area (TPSA) is 59.6 Å². The van der Waals surface area contributed by atoms with Crippen LogP contribution >= 0.6 is 0 Å². The monoisotopic (exact) mass is 426 g/mol. The van der Waals surface area contributed by atoms with Crippen LogP contribution in [0.4, 0.5) is 0 Å². The van der Waals surface area contributed by atoms with Crippen molar-refractivity contribution in [3.8, 4) is 11.3 Å². The van der Waals surface area contributed by atoms with E-state index in [1.54, 1.807) is 21.5 Å². The quantitative estimate of drug-likeness (QED) is 0.499. The Bertz CT molecular complexity index is 1380. The van der Waals surface area contributed by atoms with Crippen molar-refractivity contribution in [3.05, 3.63) is 93.5 Å². The van der Waals surface area contributed by atoms with Crippen LogP contribution in [0, 0.1) is 13.8 Å². The van der Waals surface area contributed by atoms with Crippen LogP contribution in [0.1, 0.15) is 28.7 Å². The summed E-state index contributed by atoms with van der Waals surface area (Å²) < 4.78 is 3.23. The molecule has 0 saturated heterocycles. The molecule has 2 aromatic heterocycles. The fraction of sp³-hybridized carbons (Fsp3) is 0.269. The van der Waals surface area contributed by atoms with Crippen molar-refractivity contribution in [2.75, 3.05) is 6.54 Å². The lowest BCUT2D eigenvalue weighted by Gasteiger charge is -2.29. The maximum Gasteiger partial charge on any atom is 0.276 e. The summed E-state index contributed by atoms with van der Waals surface area (Å²) in [6.45, 7) is 5.87. The van der Waals surface area contributed by atoms with Crippen molar-refractivity contribution in [3.63, 3.8) is 0 Å². The minimum Gasteiger partial charge on any atom is -0.338 e. The highest BCUT2D eigenvalue weighted by molar-refractivity contribution is 5.76. The van der Waals surface area contributed by atoms with Crippen molar-refractivity contribution in [2.45, 2.75) is 39.8 Å². The average molecular weight is 427 g/mol. The maximum atomic E-state index is 13.0. The molecule has 0 radical (unpaired) electrons. The largest absolute Gasteiger partial charge is 0.338 e. The molecule has 5 rings (SSSR count). The van der Waals surface area contributed by atoms with Crippen LogP contribution in [-0.2, 0) is 24.3 Å². The van der Waals surface area contributed by atoms with Crippen LogP contribution < -0.4 is 5.56 Å². The molecule has 4 aromatic rings. The van der Waals surface area contributed by atoms with Crippen molar-refractivity contribution in [1.29, 1.82) is 0 Å². The van der Waals surface area contributed by atoms with Crippen LogP contribution in [0.2, 0.25) is 0 Å².